The maximum Gasteiger partial charge on any atom is 0.149 e. The molecule has 0 aliphatic heterocycles. The summed E-state index contributed by atoms with van der Waals surface area (Å²) in [6, 6.07) is 3.09. The molecule has 10 heavy (non-hydrogen) atoms. The van der Waals surface area contributed by atoms with E-state index in [9.17, 15) is 0 Å². The van der Waals surface area contributed by atoms with Gasteiger partial charge < -0.3 is 15.3 Å². The van der Waals surface area contributed by atoms with E-state index in [0.29, 0.717) is 0 Å². The SMILES string of the molecule is Oc1[c]c(O)c(Cl)c(O)c1. The van der Waals surface area contributed by atoms with Gasteiger partial charge >= 0.3 is 0 Å². The molecule has 4 heteroatoms. The third-order valence-corrected chi connectivity index (χ3v) is 1.33. The minimum Gasteiger partial charge on any atom is -0.507 e. The summed E-state index contributed by atoms with van der Waals surface area (Å²) in [6.07, 6.45) is 0. The number of rotatable bonds is 0. The summed E-state index contributed by atoms with van der Waals surface area (Å²) in [4.78, 5) is 0. The van der Waals surface area contributed by atoms with Gasteiger partial charge in [-0.2, -0.15) is 0 Å². The second kappa shape index (κ2) is 2.27. The van der Waals surface area contributed by atoms with Crippen LogP contribution in [0.1, 0.15) is 0 Å². The van der Waals surface area contributed by atoms with Gasteiger partial charge in [-0.15, -0.1) is 0 Å². The first-order valence-electron chi connectivity index (χ1n) is 2.44. The Morgan fingerprint density at radius 2 is 1.90 bits per heavy atom. The van der Waals surface area contributed by atoms with Gasteiger partial charge in [0.2, 0.25) is 0 Å². The third kappa shape index (κ3) is 1.09. The Morgan fingerprint density at radius 1 is 1.30 bits per heavy atom. The number of phenols is 3. The van der Waals surface area contributed by atoms with Crippen molar-refractivity contribution in [2.24, 2.45) is 0 Å². The summed E-state index contributed by atoms with van der Waals surface area (Å²) in [7, 11) is 0. The quantitative estimate of drug-likeness (QED) is 0.534. The number of phenolic OH excluding ortho intramolecular Hbond substituents is 3. The van der Waals surface area contributed by atoms with E-state index >= 15 is 0 Å². The highest BCUT2D eigenvalue weighted by molar-refractivity contribution is 6.33. The highest BCUT2D eigenvalue weighted by Gasteiger charge is 2.05. The van der Waals surface area contributed by atoms with Gasteiger partial charge in [0.1, 0.15) is 22.3 Å². The van der Waals surface area contributed by atoms with Crippen molar-refractivity contribution in [2.75, 3.05) is 0 Å². The molecule has 0 saturated heterocycles. The summed E-state index contributed by atoms with van der Waals surface area (Å²) in [6.45, 7) is 0. The van der Waals surface area contributed by atoms with E-state index in [1.54, 1.807) is 0 Å². The van der Waals surface area contributed by atoms with E-state index < -0.39 is 5.75 Å². The smallest absolute Gasteiger partial charge is 0.149 e. The average Bonchev–Trinajstić information content (AvgIpc) is 1.82. The second-order valence-corrected chi connectivity index (χ2v) is 2.08. The first-order valence-corrected chi connectivity index (χ1v) is 2.82. The fraction of sp³-hybridized carbons (Fsp3) is 0. The molecular weight excluding hydrogens is 156 g/mol. The maximum absolute atomic E-state index is 8.81. The zero-order chi connectivity index (χ0) is 7.72. The molecule has 0 unspecified atom stereocenters. The fourth-order valence-electron chi connectivity index (χ4n) is 0.526. The van der Waals surface area contributed by atoms with E-state index in [2.05, 4.69) is 6.07 Å². The summed E-state index contributed by atoms with van der Waals surface area (Å²) >= 11 is 5.31. The van der Waals surface area contributed by atoms with Gasteiger partial charge in [0, 0.05) is 6.07 Å². The van der Waals surface area contributed by atoms with Crippen LogP contribution in [0.3, 0.4) is 0 Å². The molecule has 1 radical (unpaired) electrons. The van der Waals surface area contributed by atoms with Crippen LogP contribution in [0.5, 0.6) is 17.2 Å². The van der Waals surface area contributed by atoms with E-state index in [4.69, 9.17) is 26.9 Å². The van der Waals surface area contributed by atoms with Crippen molar-refractivity contribution < 1.29 is 15.3 Å². The van der Waals surface area contributed by atoms with Crippen LogP contribution in [0.15, 0.2) is 6.07 Å². The van der Waals surface area contributed by atoms with Gasteiger partial charge in [-0.1, -0.05) is 11.6 Å². The van der Waals surface area contributed by atoms with Crippen LogP contribution in [0.4, 0.5) is 0 Å². The summed E-state index contributed by atoms with van der Waals surface area (Å²) in [5.41, 5.74) is 0. The number of benzene rings is 1. The molecule has 0 fully saturated rings. The Hall–Kier alpha value is -1.09. The van der Waals surface area contributed by atoms with Gasteiger partial charge in [0.15, 0.2) is 0 Å². The van der Waals surface area contributed by atoms with Crippen molar-refractivity contribution >= 4 is 11.6 Å². The van der Waals surface area contributed by atoms with Crippen LogP contribution < -0.4 is 0 Å². The van der Waals surface area contributed by atoms with E-state index in [1.165, 1.54) is 0 Å². The van der Waals surface area contributed by atoms with Crippen molar-refractivity contribution in [3.63, 3.8) is 0 Å². The lowest BCUT2D eigenvalue weighted by Gasteiger charge is -1.98. The number of hydrogen-bond acceptors (Lipinski definition) is 3. The van der Waals surface area contributed by atoms with Crippen LogP contribution >= 0.6 is 11.6 Å². The van der Waals surface area contributed by atoms with Crippen molar-refractivity contribution in [3.8, 4) is 17.2 Å². The molecule has 1 rings (SSSR count). The van der Waals surface area contributed by atoms with E-state index in [-0.39, 0.29) is 16.5 Å². The maximum atomic E-state index is 8.81. The summed E-state index contributed by atoms with van der Waals surface area (Å²) in [5.74, 6) is -1.17. The standard InChI is InChI=1S/C6H4ClO3/c7-6-4(9)1-3(8)2-5(6)10/h1,8-10H. The van der Waals surface area contributed by atoms with Gasteiger partial charge in [-0.3, -0.25) is 0 Å². The lowest BCUT2D eigenvalue weighted by molar-refractivity contribution is 0.427. The average molecular weight is 160 g/mol. The Morgan fingerprint density at radius 3 is 2.40 bits per heavy atom. The molecule has 0 aromatic heterocycles. The molecule has 0 heterocycles. The molecule has 3 nitrogen and oxygen atoms in total. The Labute approximate surface area is 62.1 Å². The van der Waals surface area contributed by atoms with Crippen molar-refractivity contribution in [1.82, 2.24) is 0 Å². The van der Waals surface area contributed by atoms with Crippen LogP contribution in [-0.4, -0.2) is 15.3 Å². The molecule has 0 spiro atoms. The monoisotopic (exact) mass is 159 g/mol. The van der Waals surface area contributed by atoms with Crippen molar-refractivity contribution in [1.29, 1.82) is 0 Å². The number of halogens is 1. The Bertz CT molecular complexity index is 236. The predicted molar refractivity (Wildman–Crippen MR) is 35.3 cm³/mol. The largest absolute Gasteiger partial charge is 0.507 e. The first kappa shape index (κ1) is 7.02. The molecule has 0 bridgehead atoms. The molecule has 0 atom stereocenters. The molecule has 3 N–H and O–H groups in total. The lowest BCUT2D eigenvalue weighted by Crippen LogP contribution is -1.71. The zero-order valence-electron chi connectivity index (χ0n) is 4.80. The topological polar surface area (TPSA) is 60.7 Å². The van der Waals surface area contributed by atoms with Crippen molar-refractivity contribution in [2.45, 2.75) is 0 Å². The lowest BCUT2D eigenvalue weighted by atomic mass is 10.3. The molecule has 0 amide bonds. The van der Waals surface area contributed by atoms with E-state index in [1.807, 2.05) is 0 Å². The third-order valence-electron chi connectivity index (χ3n) is 0.953. The van der Waals surface area contributed by atoms with Crippen molar-refractivity contribution in [3.05, 3.63) is 17.2 Å². The summed E-state index contributed by atoms with van der Waals surface area (Å²) in [5, 5.41) is 26.1. The molecule has 0 aliphatic rings. The molecule has 0 aliphatic carbocycles. The normalized spacial score (nSPS) is 9.70. The van der Waals surface area contributed by atoms with Gasteiger partial charge in [0.25, 0.3) is 0 Å². The highest BCUT2D eigenvalue weighted by atomic mass is 35.5. The highest BCUT2D eigenvalue weighted by Crippen LogP contribution is 2.35. The zero-order valence-corrected chi connectivity index (χ0v) is 5.55. The molecular formula is C6H4ClO3. The van der Waals surface area contributed by atoms with Crippen LogP contribution in [0.25, 0.3) is 0 Å². The predicted octanol–water partition coefficient (Wildman–Crippen LogP) is 1.26. The number of aromatic hydroxyl groups is 3. The molecule has 53 valence electrons. The molecule has 1 aromatic rings. The van der Waals surface area contributed by atoms with E-state index in [0.717, 1.165) is 6.07 Å². The van der Waals surface area contributed by atoms with Gasteiger partial charge in [-0.05, 0) is 0 Å². The van der Waals surface area contributed by atoms with Gasteiger partial charge in [0.05, 0.1) is 6.07 Å². The minimum absolute atomic E-state index is 0.210. The Kier molecular flexibility index (Phi) is 1.59. The summed E-state index contributed by atoms with van der Waals surface area (Å²) < 4.78 is 0. The molecule has 1 aromatic carbocycles. The Balaban J connectivity index is 3.31. The first-order chi connectivity index (χ1) is 4.61. The minimum atomic E-state index is -0.459. The van der Waals surface area contributed by atoms with Crippen LogP contribution in [-0.2, 0) is 0 Å². The number of hydrogen-bond donors (Lipinski definition) is 3. The van der Waals surface area contributed by atoms with Gasteiger partial charge in [-0.25, -0.2) is 0 Å². The second-order valence-electron chi connectivity index (χ2n) is 1.70. The molecule has 0 saturated carbocycles. The van der Waals surface area contributed by atoms with Crippen LogP contribution in [0, 0.1) is 6.07 Å². The van der Waals surface area contributed by atoms with Crippen LogP contribution in [0.2, 0.25) is 5.02 Å². The fourth-order valence-corrected chi connectivity index (χ4v) is 0.628.